The predicted molar refractivity (Wildman–Crippen MR) is 100 cm³/mol. The summed E-state index contributed by atoms with van der Waals surface area (Å²) in [6, 6.07) is 7.75. The number of aromatic nitrogens is 2. The molecule has 1 fully saturated rings. The van der Waals surface area contributed by atoms with Crippen molar-refractivity contribution >= 4 is 15.9 Å². The van der Waals surface area contributed by atoms with Crippen molar-refractivity contribution in [2.75, 3.05) is 18.8 Å². The molecule has 1 aliphatic rings. The summed E-state index contributed by atoms with van der Waals surface area (Å²) in [5.41, 5.74) is 1.98. The van der Waals surface area contributed by atoms with E-state index in [9.17, 15) is 13.2 Å². The predicted octanol–water partition coefficient (Wildman–Crippen LogP) is 1.72. The third-order valence-corrected chi connectivity index (χ3v) is 6.55. The van der Waals surface area contributed by atoms with Crippen molar-refractivity contribution in [3.05, 3.63) is 35.7 Å². The topological polar surface area (TPSA) is 105 Å². The van der Waals surface area contributed by atoms with Crippen LogP contribution in [0.3, 0.4) is 0 Å². The van der Waals surface area contributed by atoms with E-state index in [2.05, 4.69) is 15.5 Å². The minimum atomic E-state index is -3.27. The quantitative estimate of drug-likeness (QED) is 0.802. The number of sulfonamides is 1. The molecule has 0 radical (unpaired) electrons. The zero-order valence-electron chi connectivity index (χ0n) is 15.5. The van der Waals surface area contributed by atoms with Gasteiger partial charge in [0.15, 0.2) is 0 Å². The molecular weight excluding hydrogens is 368 g/mol. The lowest BCUT2D eigenvalue weighted by Crippen LogP contribution is -2.45. The molecule has 1 aromatic heterocycles. The van der Waals surface area contributed by atoms with E-state index in [1.165, 1.54) is 4.31 Å². The van der Waals surface area contributed by atoms with Crippen LogP contribution in [-0.2, 0) is 21.4 Å². The Hall–Kier alpha value is -2.26. The van der Waals surface area contributed by atoms with Crippen molar-refractivity contribution in [1.29, 1.82) is 0 Å². The second kappa shape index (κ2) is 8.18. The molecule has 3 rings (SSSR count). The molecule has 2 aromatic rings. The Labute approximate surface area is 159 Å². The second-order valence-corrected chi connectivity index (χ2v) is 8.95. The summed E-state index contributed by atoms with van der Waals surface area (Å²) < 4.78 is 30.6. The lowest BCUT2D eigenvalue weighted by atomic mass is 9.99. The maximum atomic E-state index is 12.4. The summed E-state index contributed by atoms with van der Waals surface area (Å²) in [5.74, 6) is 0.274. The Morgan fingerprint density at radius 2 is 2.07 bits per heavy atom. The smallest absolute Gasteiger partial charge is 0.246 e. The number of benzene rings is 1. The number of nitrogens with one attached hydrogen (secondary N) is 1. The molecule has 146 valence electrons. The molecule has 1 aromatic carbocycles. The number of amides is 1. The number of rotatable bonds is 6. The van der Waals surface area contributed by atoms with E-state index in [1.54, 1.807) is 6.92 Å². The second-order valence-electron chi connectivity index (χ2n) is 6.69. The number of nitrogens with zero attached hydrogens (tertiary/aromatic N) is 3. The zero-order valence-corrected chi connectivity index (χ0v) is 16.3. The Morgan fingerprint density at radius 1 is 1.33 bits per heavy atom. The first-order chi connectivity index (χ1) is 12.9. The van der Waals surface area contributed by atoms with Crippen LogP contribution in [0, 0.1) is 12.8 Å². The highest BCUT2D eigenvalue weighted by Crippen LogP contribution is 2.20. The molecule has 0 spiro atoms. The summed E-state index contributed by atoms with van der Waals surface area (Å²) in [6.45, 7) is 4.43. The van der Waals surface area contributed by atoms with Crippen LogP contribution in [0.2, 0.25) is 0 Å². The van der Waals surface area contributed by atoms with Gasteiger partial charge in [-0.15, -0.1) is 0 Å². The van der Waals surface area contributed by atoms with Crippen molar-refractivity contribution in [3.63, 3.8) is 0 Å². The molecule has 0 aliphatic carbocycles. The van der Waals surface area contributed by atoms with E-state index in [0.29, 0.717) is 31.1 Å². The fourth-order valence-corrected chi connectivity index (χ4v) is 4.22. The van der Waals surface area contributed by atoms with Gasteiger partial charge in [0.25, 0.3) is 0 Å². The first-order valence-electron chi connectivity index (χ1n) is 9.04. The molecule has 0 bridgehead atoms. The first kappa shape index (κ1) is 19.5. The minimum absolute atomic E-state index is 0.0467. The van der Waals surface area contributed by atoms with Crippen LogP contribution in [-0.4, -0.2) is 47.6 Å². The van der Waals surface area contributed by atoms with Gasteiger partial charge in [-0.2, -0.15) is 4.98 Å². The highest BCUT2D eigenvalue weighted by molar-refractivity contribution is 7.89. The molecular formula is C18H24N4O4S. The Bertz CT molecular complexity index is 892. The van der Waals surface area contributed by atoms with Crippen molar-refractivity contribution < 1.29 is 17.7 Å². The van der Waals surface area contributed by atoms with Crippen molar-refractivity contribution in [1.82, 2.24) is 19.8 Å². The zero-order chi connectivity index (χ0) is 19.4. The SMILES string of the molecule is CCS(=O)(=O)N1CCC[C@@H](C(=O)NCc2nc(-c3ccc(C)cc3)no2)C1. The van der Waals surface area contributed by atoms with Crippen LogP contribution < -0.4 is 5.32 Å². The van der Waals surface area contributed by atoms with Gasteiger partial charge < -0.3 is 9.84 Å². The maximum Gasteiger partial charge on any atom is 0.246 e. The van der Waals surface area contributed by atoms with E-state index in [1.807, 2.05) is 31.2 Å². The van der Waals surface area contributed by atoms with E-state index < -0.39 is 10.0 Å². The van der Waals surface area contributed by atoms with Crippen molar-refractivity contribution in [2.24, 2.45) is 5.92 Å². The van der Waals surface area contributed by atoms with Crippen LogP contribution in [0.5, 0.6) is 0 Å². The highest BCUT2D eigenvalue weighted by atomic mass is 32.2. The van der Waals surface area contributed by atoms with Gasteiger partial charge in [0.05, 0.1) is 18.2 Å². The number of piperidine rings is 1. The van der Waals surface area contributed by atoms with Gasteiger partial charge in [0.2, 0.25) is 27.6 Å². The maximum absolute atomic E-state index is 12.4. The summed E-state index contributed by atoms with van der Waals surface area (Å²) in [7, 11) is -3.27. The van der Waals surface area contributed by atoms with Gasteiger partial charge in [0, 0.05) is 18.7 Å². The van der Waals surface area contributed by atoms with Gasteiger partial charge in [-0.25, -0.2) is 12.7 Å². The molecule has 2 heterocycles. The van der Waals surface area contributed by atoms with Gasteiger partial charge in [-0.3, -0.25) is 4.79 Å². The number of carbonyl (C=O) groups excluding carboxylic acids is 1. The molecule has 9 heteroatoms. The average molecular weight is 392 g/mol. The van der Waals surface area contributed by atoms with Gasteiger partial charge in [-0.1, -0.05) is 35.0 Å². The molecule has 27 heavy (non-hydrogen) atoms. The lowest BCUT2D eigenvalue weighted by molar-refractivity contribution is -0.126. The Morgan fingerprint density at radius 3 is 2.78 bits per heavy atom. The minimum Gasteiger partial charge on any atom is -0.347 e. The number of hydrogen-bond acceptors (Lipinski definition) is 6. The van der Waals surface area contributed by atoms with Crippen LogP contribution in [0.25, 0.3) is 11.4 Å². The summed E-state index contributed by atoms with van der Waals surface area (Å²) in [6.07, 6.45) is 1.34. The molecule has 8 nitrogen and oxygen atoms in total. The monoisotopic (exact) mass is 392 g/mol. The number of aryl methyl sites for hydroxylation is 1. The number of hydrogen-bond donors (Lipinski definition) is 1. The molecule has 1 aliphatic heterocycles. The van der Waals surface area contributed by atoms with Crippen LogP contribution >= 0.6 is 0 Å². The normalized spacial score (nSPS) is 18.4. The molecule has 1 saturated heterocycles. The van der Waals surface area contributed by atoms with Gasteiger partial charge in [-0.05, 0) is 26.7 Å². The summed E-state index contributed by atoms with van der Waals surface area (Å²) >= 11 is 0. The van der Waals surface area contributed by atoms with E-state index in [4.69, 9.17) is 4.52 Å². The summed E-state index contributed by atoms with van der Waals surface area (Å²) in [5, 5.41) is 6.71. The standard InChI is InChI=1S/C18H24N4O4S/c1-3-27(24,25)22-10-4-5-15(12-22)18(23)19-11-16-20-17(21-26-16)14-8-6-13(2)7-9-14/h6-9,15H,3-5,10-12H2,1-2H3,(H,19,23)/t15-/m1/s1. The third-order valence-electron chi connectivity index (χ3n) is 4.70. The molecule has 0 unspecified atom stereocenters. The van der Waals surface area contributed by atoms with E-state index in [0.717, 1.165) is 11.1 Å². The largest absolute Gasteiger partial charge is 0.347 e. The van der Waals surface area contributed by atoms with Gasteiger partial charge >= 0.3 is 0 Å². The molecule has 0 saturated carbocycles. The summed E-state index contributed by atoms with van der Waals surface area (Å²) in [4.78, 5) is 16.7. The molecule has 1 atom stereocenters. The fraction of sp³-hybridized carbons (Fsp3) is 0.500. The highest BCUT2D eigenvalue weighted by Gasteiger charge is 2.31. The van der Waals surface area contributed by atoms with Gasteiger partial charge in [0.1, 0.15) is 0 Å². The van der Waals surface area contributed by atoms with Crippen molar-refractivity contribution in [3.8, 4) is 11.4 Å². The van der Waals surface area contributed by atoms with E-state index >= 15 is 0 Å². The van der Waals surface area contributed by atoms with E-state index in [-0.39, 0.29) is 30.7 Å². The third kappa shape index (κ3) is 4.72. The molecule has 1 amide bonds. The van der Waals surface area contributed by atoms with Crippen LogP contribution in [0.4, 0.5) is 0 Å². The number of carbonyl (C=O) groups is 1. The lowest BCUT2D eigenvalue weighted by Gasteiger charge is -2.30. The molecule has 1 N–H and O–H groups in total. The van der Waals surface area contributed by atoms with Crippen molar-refractivity contribution in [2.45, 2.75) is 33.2 Å². The van der Waals surface area contributed by atoms with Crippen LogP contribution in [0.15, 0.2) is 28.8 Å². The first-order valence-corrected chi connectivity index (χ1v) is 10.6. The average Bonchev–Trinajstić information content (AvgIpc) is 3.16. The van der Waals surface area contributed by atoms with Crippen LogP contribution in [0.1, 0.15) is 31.2 Å². The fourth-order valence-electron chi connectivity index (χ4n) is 3.05. The Kier molecular flexibility index (Phi) is 5.91. The Balaban J connectivity index is 1.57.